The van der Waals surface area contributed by atoms with Crippen LogP contribution in [0.4, 0.5) is 0 Å². The summed E-state index contributed by atoms with van der Waals surface area (Å²) in [5.41, 5.74) is 1.09. The second kappa shape index (κ2) is 7.04. The summed E-state index contributed by atoms with van der Waals surface area (Å²) in [7, 11) is 0. The van der Waals surface area contributed by atoms with Gasteiger partial charge in [0.2, 0.25) is 0 Å². The molecule has 0 aromatic carbocycles. The average Bonchev–Trinajstić information content (AvgIpc) is 2.41. The second-order valence-corrected chi connectivity index (χ2v) is 6.09. The Balaban J connectivity index is 1.93. The monoisotopic (exact) mass is 296 g/mol. The van der Waals surface area contributed by atoms with Gasteiger partial charge in [0.1, 0.15) is 0 Å². The molecule has 4 nitrogen and oxygen atoms in total. The zero-order valence-corrected chi connectivity index (χ0v) is 12.5. The summed E-state index contributed by atoms with van der Waals surface area (Å²) < 4.78 is 0. The Bertz CT molecular complexity index is 467. The van der Waals surface area contributed by atoms with Crippen molar-refractivity contribution >= 4 is 17.6 Å². The van der Waals surface area contributed by atoms with Crippen molar-refractivity contribution in [3.8, 4) is 0 Å². The summed E-state index contributed by atoms with van der Waals surface area (Å²) in [6.07, 6.45) is 5.93. The standard InChI is InChI=1S/C15H21ClN2O2/c1-11(7-15(19)20)12-3-2-6-18(9-12)10-13-4-5-17-8-14(13)16/h4-5,8,11-12H,2-3,6-7,9-10H2,1H3,(H,19,20). The molecule has 2 atom stereocenters. The first-order valence-corrected chi connectivity index (χ1v) is 7.46. The fourth-order valence-electron chi connectivity index (χ4n) is 2.91. The summed E-state index contributed by atoms with van der Waals surface area (Å²) in [4.78, 5) is 17.2. The maximum Gasteiger partial charge on any atom is 0.303 e. The van der Waals surface area contributed by atoms with Gasteiger partial charge in [-0.05, 0) is 42.9 Å². The summed E-state index contributed by atoms with van der Waals surface area (Å²) >= 11 is 6.14. The molecule has 1 fully saturated rings. The molecule has 1 aliphatic heterocycles. The van der Waals surface area contributed by atoms with Crippen LogP contribution in [0.1, 0.15) is 31.7 Å². The Kier molecular flexibility index (Phi) is 5.38. The molecule has 0 amide bonds. The number of hydrogen-bond acceptors (Lipinski definition) is 3. The number of carboxylic acid groups (broad SMARTS) is 1. The molecule has 20 heavy (non-hydrogen) atoms. The maximum atomic E-state index is 10.8. The number of aliphatic carboxylic acids is 1. The molecule has 2 unspecified atom stereocenters. The van der Waals surface area contributed by atoms with Crippen molar-refractivity contribution in [3.63, 3.8) is 0 Å². The first-order valence-electron chi connectivity index (χ1n) is 7.09. The van der Waals surface area contributed by atoms with Gasteiger partial charge < -0.3 is 5.11 Å². The van der Waals surface area contributed by atoms with Crippen molar-refractivity contribution in [1.82, 2.24) is 9.88 Å². The molecule has 0 radical (unpaired) electrons. The predicted octanol–water partition coefficient (Wildman–Crippen LogP) is 3.06. The molecular formula is C15H21ClN2O2. The lowest BCUT2D eigenvalue weighted by molar-refractivity contribution is -0.138. The lowest BCUT2D eigenvalue weighted by Gasteiger charge is -2.35. The van der Waals surface area contributed by atoms with E-state index in [0.717, 1.165) is 38.0 Å². The van der Waals surface area contributed by atoms with Gasteiger partial charge in [-0.15, -0.1) is 0 Å². The fraction of sp³-hybridized carbons (Fsp3) is 0.600. The van der Waals surface area contributed by atoms with E-state index in [1.165, 1.54) is 0 Å². The molecule has 110 valence electrons. The Morgan fingerprint density at radius 1 is 1.65 bits per heavy atom. The summed E-state index contributed by atoms with van der Waals surface area (Å²) in [6.45, 7) is 4.86. The second-order valence-electron chi connectivity index (χ2n) is 5.68. The Morgan fingerprint density at radius 3 is 3.15 bits per heavy atom. The van der Waals surface area contributed by atoms with E-state index in [2.05, 4.69) is 9.88 Å². The number of nitrogens with zero attached hydrogens (tertiary/aromatic N) is 2. The lowest BCUT2D eigenvalue weighted by atomic mass is 9.84. The van der Waals surface area contributed by atoms with Crippen LogP contribution in [0, 0.1) is 11.8 Å². The van der Waals surface area contributed by atoms with E-state index < -0.39 is 5.97 Å². The fourth-order valence-corrected chi connectivity index (χ4v) is 3.09. The Labute approximate surface area is 124 Å². The van der Waals surface area contributed by atoms with Crippen LogP contribution < -0.4 is 0 Å². The van der Waals surface area contributed by atoms with Gasteiger partial charge in [-0.1, -0.05) is 18.5 Å². The van der Waals surface area contributed by atoms with Crippen LogP contribution in [-0.2, 0) is 11.3 Å². The van der Waals surface area contributed by atoms with E-state index in [1.54, 1.807) is 12.4 Å². The van der Waals surface area contributed by atoms with E-state index in [9.17, 15) is 4.79 Å². The van der Waals surface area contributed by atoms with Crippen LogP contribution in [0.25, 0.3) is 0 Å². The quantitative estimate of drug-likeness (QED) is 0.907. The van der Waals surface area contributed by atoms with Crippen LogP contribution in [0.3, 0.4) is 0 Å². The summed E-state index contributed by atoms with van der Waals surface area (Å²) in [6, 6.07) is 1.95. The highest BCUT2D eigenvalue weighted by Crippen LogP contribution is 2.27. The van der Waals surface area contributed by atoms with Crippen LogP contribution >= 0.6 is 11.6 Å². The number of pyridine rings is 1. The average molecular weight is 297 g/mol. The summed E-state index contributed by atoms with van der Waals surface area (Å²) in [5.74, 6) is -0.0181. The van der Waals surface area contributed by atoms with Crippen molar-refractivity contribution in [2.75, 3.05) is 13.1 Å². The predicted molar refractivity (Wildman–Crippen MR) is 78.7 cm³/mol. The molecule has 0 aliphatic carbocycles. The van der Waals surface area contributed by atoms with Crippen LogP contribution in [-0.4, -0.2) is 34.0 Å². The van der Waals surface area contributed by atoms with Gasteiger partial charge in [0, 0.05) is 31.9 Å². The van der Waals surface area contributed by atoms with Crippen molar-refractivity contribution in [3.05, 3.63) is 29.0 Å². The van der Waals surface area contributed by atoms with Crippen molar-refractivity contribution in [2.24, 2.45) is 11.8 Å². The molecule has 1 aromatic heterocycles. The molecule has 1 N–H and O–H groups in total. The number of piperidine rings is 1. The number of carbonyl (C=O) groups is 1. The minimum atomic E-state index is -0.702. The number of aromatic nitrogens is 1. The molecule has 0 spiro atoms. The smallest absolute Gasteiger partial charge is 0.303 e. The van der Waals surface area contributed by atoms with Gasteiger partial charge >= 0.3 is 5.97 Å². The highest BCUT2D eigenvalue weighted by Gasteiger charge is 2.26. The third kappa shape index (κ3) is 4.18. The van der Waals surface area contributed by atoms with Crippen molar-refractivity contribution in [1.29, 1.82) is 0 Å². The first-order chi connectivity index (χ1) is 9.56. The zero-order valence-electron chi connectivity index (χ0n) is 11.8. The number of likely N-dealkylation sites (tertiary alicyclic amines) is 1. The van der Waals surface area contributed by atoms with Gasteiger partial charge in [-0.2, -0.15) is 0 Å². The highest BCUT2D eigenvalue weighted by atomic mass is 35.5. The van der Waals surface area contributed by atoms with Crippen LogP contribution in [0.5, 0.6) is 0 Å². The maximum absolute atomic E-state index is 10.8. The number of halogens is 1. The first kappa shape index (κ1) is 15.3. The van der Waals surface area contributed by atoms with Crippen LogP contribution in [0.15, 0.2) is 18.5 Å². The van der Waals surface area contributed by atoms with E-state index in [0.29, 0.717) is 10.9 Å². The Morgan fingerprint density at radius 2 is 2.45 bits per heavy atom. The third-order valence-electron chi connectivity index (χ3n) is 4.09. The van der Waals surface area contributed by atoms with E-state index in [1.807, 2.05) is 13.0 Å². The third-order valence-corrected chi connectivity index (χ3v) is 4.43. The number of hydrogen-bond donors (Lipinski definition) is 1. The van der Waals surface area contributed by atoms with Gasteiger partial charge in [-0.3, -0.25) is 14.7 Å². The normalized spacial score (nSPS) is 21.6. The molecule has 2 heterocycles. The minimum absolute atomic E-state index is 0.225. The zero-order chi connectivity index (χ0) is 14.5. The van der Waals surface area contributed by atoms with Crippen molar-refractivity contribution < 1.29 is 9.90 Å². The summed E-state index contributed by atoms with van der Waals surface area (Å²) in [5, 5.41) is 9.62. The highest BCUT2D eigenvalue weighted by molar-refractivity contribution is 6.31. The van der Waals surface area contributed by atoms with Gasteiger partial charge in [0.25, 0.3) is 0 Å². The molecule has 1 saturated heterocycles. The molecule has 1 aromatic rings. The molecule has 1 aliphatic rings. The topological polar surface area (TPSA) is 53.4 Å². The lowest BCUT2D eigenvalue weighted by Crippen LogP contribution is -2.37. The van der Waals surface area contributed by atoms with Gasteiger partial charge in [0.05, 0.1) is 5.02 Å². The van der Waals surface area contributed by atoms with E-state index in [4.69, 9.17) is 16.7 Å². The SMILES string of the molecule is CC(CC(=O)O)C1CCCN(Cc2ccncc2Cl)C1. The van der Waals surface area contributed by atoms with Crippen LogP contribution in [0.2, 0.25) is 5.02 Å². The minimum Gasteiger partial charge on any atom is -0.481 e. The molecular weight excluding hydrogens is 276 g/mol. The van der Waals surface area contributed by atoms with E-state index >= 15 is 0 Å². The Hall–Kier alpha value is -1.13. The van der Waals surface area contributed by atoms with Gasteiger partial charge in [0.15, 0.2) is 0 Å². The van der Waals surface area contributed by atoms with E-state index in [-0.39, 0.29) is 12.3 Å². The number of carboxylic acids is 1. The van der Waals surface area contributed by atoms with Crippen molar-refractivity contribution in [2.45, 2.75) is 32.7 Å². The largest absolute Gasteiger partial charge is 0.481 e. The van der Waals surface area contributed by atoms with Gasteiger partial charge in [-0.25, -0.2) is 0 Å². The molecule has 2 rings (SSSR count). The molecule has 0 bridgehead atoms. The number of rotatable bonds is 5. The molecule has 0 saturated carbocycles. The molecule has 5 heteroatoms.